The van der Waals surface area contributed by atoms with E-state index in [1.165, 1.54) is 19.2 Å². The minimum Gasteiger partial charge on any atom is -0.494 e. The first kappa shape index (κ1) is 19.5. The van der Waals surface area contributed by atoms with E-state index in [1.54, 1.807) is 17.9 Å². The van der Waals surface area contributed by atoms with Gasteiger partial charge in [-0.15, -0.1) is 0 Å². The highest BCUT2D eigenvalue weighted by atomic mass is 32.2. The summed E-state index contributed by atoms with van der Waals surface area (Å²) in [6, 6.07) is 4.04. The molecule has 1 aliphatic heterocycles. The molecule has 0 aliphatic carbocycles. The zero-order chi connectivity index (χ0) is 20.6. The summed E-state index contributed by atoms with van der Waals surface area (Å²) in [5.74, 6) is -0.552. The lowest BCUT2D eigenvalue weighted by Gasteiger charge is -2.28. The summed E-state index contributed by atoms with van der Waals surface area (Å²) in [5, 5.41) is -0.314. The van der Waals surface area contributed by atoms with Crippen LogP contribution in [0.4, 0.5) is 10.2 Å². The van der Waals surface area contributed by atoms with Gasteiger partial charge >= 0.3 is 0 Å². The molecule has 4 rings (SSSR count). The van der Waals surface area contributed by atoms with Crippen molar-refractivity contribution >= 4 is 26.8 Å². The van der Waals surface area contributed by atoms with Crippen LogP contribution in [0.3, 0.4) is 0 Å². The number of methoxy groups -OCH3 is 1. The fourth-order valence-electron chi connectivity index (χ4n) is 3.19. The Morgan fingerprint density at radius 3 is 2.69 bits per heavy atom. The molecule has 2 aromatic heterocycles. The molecule has 3 heterocycles. The summed E-state index contributed by atoms with van der Waals surface area (Å²) in [6.45, 7) is 2.19. The van der Waals surface area contributed by atoms with Gasteiger partial charge in [-0.3, -0.25) is 0 Å². The molecule has 0 amide bonds. The molecule has 0 atom stereocenters. The molecule has 0 N–H and O–H groups in total. The maximum atomic E-state index is 14.0. The van der Waals surface area contributed by atoms with Gasteiger partial charge in [0.2, 0.25) is 9.84 Å². The summed E-state index contributed by atoms with van der Waals surface area (Å²) in [7, 11) is -0.843. The maximum absolute atomic E-state index is 14.0. The summed E-state index contributed by atoms with van der Waals surface area (Å²) >= 11 is 0. The molecule has 11 heteroatoms. The molecule has 1 fully saturated rings. The van der Waals surface area contributed by atoms with Gasteiger partial charge in [-0.05, 0) is 17.7 Å². The first-order valence-corrected chi connectivity index (χ1v) is 10.6. The van der Waals surface area contributed by atoms with Crippen LogP contribution < -0.4 is 9.64 Å². The Balaban J connectivity index is 1.75. The number of hydrogen-bond acceptors (Lipinski definition) is 8. The maximum Gasteiger partial charge on any atom is 0.251 e. The molecular formula is C18H20FN5O4S. The number of fused-ring (bicyclic) bond motifs is 1. The average Bonchev–Trinajstić information content (AvgIpc) is 3.09. The number of rotatable bonds is 5. The van der Waals surface area contributed by atoms with Gasteiger partial charge in [0.05, 0.1) is 32.4 Å². The fraction of sp³-hybridized carbons (Fsp3) is 0.389. The molecular weight excluding hydrogens is 401 g/mol. The molecule has 0 spiro atoms. The van der Waals surface area contributed by atoms with E-state index in [4.69, 9.17) is 9.47 Å². The lowest BCUT2D eigenvalue weighted by molar-refractivity contribution is 0.122. The fourth-order valence-corrected chi connectivity index (χ4v) is 4.39. The normalized spacial score (nSPS) is 15.1. The number of aromatic nitrogens is 4. The molecule has 3 aromatic rings. The topological polar surface area (TPSA) is 99.4 Å². The quantitative estimate of drug-likeness (QED) is 0.569. The number of morpholine rings is 1. The van der Waals surface area contributed by atoms with Crippen molar-refractivity contribution in [1.29, 1.82) is 0 Å². The summed E-state index contributed by atoms with van der Waals surface area (Å²) < 4.78 is 51.9. The number of ether oxygens (including phenoxy) is 2. The lowest BCUT2D eigenvalue weighted by Crippen LogP contribution is -2.37. The van der Waals surface area contributed by atoms with Crippen molar-refractivity contribution in [2.45, 2.75) is 10.9 Å². The summed E-state index contributed by atoms with van der Waals surface area (Å²) in [6.07, 6.45) is 1.57. The van der Waals surface area contributed by atoms with Gasteiger partial charge in [-0.1, -0.05) is 6.07 Å². The van der Waals surface area contributed by atoms with E-state index in [1.807, 2.05) is 4.90 Å². The van der Waals surface area contributed by atoms with Crippen LogP contribution in [0.25, 0.3) is 11.2 Å². The molecule has 0 bridgehead atoms. The van der Waals surface area contributed by atoms with Crippen molar-refractivity contribution in [3.63, 3.8) is 0 Å². The van der Waals surface area contributed by atoms with E-state index in [-0.39, 0.29) is 16.5 Å². The van der Waals surface area contributed by atoms with E-state index < -0.39 is 21.4 Å². The monoisotopic (exact) mass is 421 g/mol. The Morgan fingerprint density at radius 2 is 2.00 bits per heavy atom. The number of imidazole rings is 1. The summed E-state index contributed by atoms with van der Waals surface area (Å²) in [5.41, 5.74) is 1.23. The number of sulfone groups is 1. The van der Waals surface area contributed by atoms with Gasteiger partial charge in [-0.25, -0.2) is 17.8 Å². The minimum atomic E-state index is -3.93. The zero-order valence-corrected chi connectivity index (χ0v) is 16.8. The van der Waals surface area contributed by atoms with Crippen LogP contribution in [-0.4, -0.2) is 61.3 Å². The Kier molecular flexibility index (Phi) is 5.09. The molecule has 1 saturated heterocycles. The van der Waals surface area contributed by atoms with Gasteiger partial charge < -0.3 is 18.9 Å². The highest BCUT2D eigenvalue weighted by molar-refractivity contribution is 7.90. The molecule has 29 heavy (non-hydrogen) atoms. The van der Waals surface area contributed by atoms with Crippen LogP contribution in [0.2, 0.25) is 0 Å². The molecule has 1 aliphatic rings. The van der Waals surface area contributed by atoms with E-state index >= 15 is 0 Å². The third-order valence-corrected chi connectivity index (χ3v) is 6.13. The largest absolute Gasteiger partial charge is 0.494 e. The van der Waals surface area contributed by atoms with Crippen LogP contribution in [0.1, 0.15) is 5.56 Å². The number of halogens is 1. The van der Waals surface area contributed by atoms with Gasteiger partial charge in [0, 0.05) is 20.1 Å². The Morgan fingerprint density at radius 1 is 1.24 bits per heavy atom. The first-order valence-electron chi connectivity index (χ1n) is 8.96. The lowest BCUT2D eigenvalue weighted by atomic mass is 10.2. The number of aryl methyl sites for hydroxylation is 1. The Hall–Kier alpha value is -2.79. The number of hydrogen-bond donors (Lipinski definition) is 0. The van der Waals surface area contributed by atoms with Gasteiger partial charge in [-0.2, -0.15) is 9.97 Å². The van der Waals surface area contributed by atoms with Crippen LogP contribution in [0.15, 0.2) is 29.7 Å². The zero-order valence-electron chi connectivity index (χ0n) is 16.0. The third kappa shape index (κ3) is 3.75. The van der Waals surface area contributed by atoms with Crippen LogP contribution in [0, 0.1) is 5.82 Å². The smallest absolute Gasteiger partial charge is 0.251 e. The second kappa shape index (κ2) is 7.56. The van der Waals surface area contributed by atoms with Crippen molar-refractivity contribution in [2.24, 2.45) is 7.05 Å². The highest BCUT2D eigenvalue weighted by Gasteiger charge is 2.26. The highest BCUT2D eigenvalue weighted by Crippen LogP contribution is 2.26. The van der Waals surface area contributed by atoms with Crippen LogP contribution >= 0.6 is 0 Å². The van der Waals surface area contributed by atoms with Crippen molar-refractivity contribution in [3.05, 3.63) is 35.9 Å². The second-order valence-electron chi connectivity index (χ2n) is 6.68. The SMILES string of the molecule is COc1ccc(CS(=O)(=O)c2nc(N3CCOCC3)c3ncn(C)c3n2)cc1F. The van der Waals surface area contributed by atoms with Crippen LogP contribution in [-0.2, 0) is 27.4 Å². The van der Waals surface area contributed by atoms with Gasteiger partial charge in [0.25, 0.3) is 5.16 Å². The Bertz CT molecular complexity index is 1160. The predicted octanol–water partition coefficient (Wildman–Crippen LogP) is 1.32. The summed E-state index contributed by atoms with van der Waals surface area (Å²) in [4.78, 5) is 14.8. The Labute approximate surface area is 167 Å². The van der Waals surface area contributed by atoms with Crippen molar-refractivity contribution in [3.8, 4) is 5.75 Å². The van der Waals surface area contributed by atoms with Crippen molar-refractivity contribution in [1.82, 2.24) is 19.5 Å². The van der Waals surface area contributed by atoms with E-state index in [0.29, 0.717) is 43.3 Å². The number of benzene rings is 1. The molecule has 154 valence electrons. The van der Waals surface area contributed by atoms with E-state index in [2.05, 4.69) is 15.0 Å². The predicted molar refractivity (Wildman–Crippen MR) is 103 cm³/mol. The van der Waals surface area contributed by atoms with Crippen LogP contribution in [0.5, 0.6) is 5.75 Å². The van der Waals surface area contributed by atoms with Crippen molar-refractivity contribution < 1.29 is 22.3 Å². The standard InChI is InChI=1S/C18H20FN5O4S/c1-23-11-20-15-16(23)21-18(22-17(15)24-5-7-28-8-6-24)29(25,26)10-12-3-4-14(27-2)13(19)9-12/h3-4,9,11H,5-8,10H2,1-2H3. The van der Waals surface area contributed by atoms with Gasteiger partial charge in [0.1, 0.15) is 0 Å². The van der Waals surface area contributed by atoms with E-state index in [9.17, 15) is 12.8 Å². The third-order valence-electron chi connectivity index (χ3n) is 4.68. The molecule has 1 aromatic carbocycles. The second-order valence-corrected chi connectivity index (χ2v) is 8.57. The molecule has 0 unspecified atom stereocenters. The van der Waals surface area contributed by atoms with Gasteiger partial charge in [0.15, 0.2) is 28.5 Å². The van der Waals surface area contributed by atoms with E-state index in [0.717, 1.165) is 6.07 Å². The molecule has 0 radical (unpaired) electrons. The molecule has 0 saturated carbocycles. The average molecular weight is 421 g/mol. The first-order chi connectivity index (χ1) is 13.9. The minimum absolute atomic E-state index is 0.0494. The number of anilines is 1. The number of nitrogens with zero attached hydrogens (tertiary/aromatic N) is 5. The molecule has 9 nitrogen and oxygen atoms in total. The van der Waals surface area contributed by atoms with Crippen molar-refractivity contribution in [2.75, 3.05) is 38.3 Å².